The lowest BCUT2D eigenvalue weighted by atomic mass is 10.1. The van der Waals surface area contributed by atoms with Gasteiger partial charge in [-0.1, -0.05) is 25.1 Å². The first-order valence-corrected chi connectivity index (χ1v) is 8.93. The second-order valence-corrected chi connectivity index (χ2v) is 6.85. The van der Waals surface area contributed by atoms with Crippen LogP contribution >= 0.6 is 11.3 Å². The summed E-state index contributed by atoms with van der Waals surface area (Å²) in [6.07, 6.45) is 0.896. The maximum atomic E-state index is 12.2. The Kier molecular flexibility index (Phi) is 5.07. The summed E-state index contributed by atoms with van der Waals surface area (Å²) >= 11 is 1.59. The van der Waals surface area contributed by atoms with Crippen molar-refractivity contribution in [1.82, 2.24) is 19.9 Å². The van der Waals surface area contributed by atoms with Gasteiger partial charge in [0.2, 0.25) is 5.91 Å². The first-order chi connectivity index (χ1) is 11.2. The van der Waals surface area contributed by atoms with Crippen LogP contribution in [0.3, 0.4) is 0 Å². The number of carbonyl (C=O) groups excluding carboxylic acids is 1. The Morgan fingerprint density at radius 2 is 2.17 bits per heavy atom. The van der Waals surface area contributed by atoms with Gasteiger partial charge in [-0.3, -0.25) is 9.69 Å². The van der Waals surface area contributed by atoms with Crippen molar-refractivity contribution in [2.45, 2.75) is 26.8 Å². The highest BCUT2D eigenvalue weighted by molar-refractivity contribution is 7.13. The molecule has 0 aromatic carbocycles. The quantitative estimate of drug-likeness (QED) is 0.840. The Hall–Kier alpha value is -1.73. The molecule has 1 amide bonds. The van der Waals surface area contributed by atoms with E-state index in [0.717, 1.165) is 37.5 Å². The molecule has 0 N–H and O–H groups in total. The molecule has 1 atom stereocenters. The predicted octanol–water partition coefficient (Wildman–Crippen LogP) is 2.49. The van der Waals surface area contributed by atoms with Crippen LogP contribution in [-0.2, 0) is 11.3 Å². The normalized spacial score (nSPS) is 17.4. The summed E-state index contributed by atoms with van der Waals surface area (Å²) in [5.41, 5.74) is 0. The molecule has 0 aliphatic carbocycles. The largest absolute Gasteiger partial charge is 0.340 e. The van der Waals surface area contributed by atoms with Crippen LogP contribution in [-0.4, -0.2) is 52.0 Å². The van der Waals surface area contributed by atoms with Crippen molar-refractivity contribution in [1.29, 1.82) is 0 Å². The van der Waals surface area contributed by atoms with Crippen LogP contribution in [0.5, 0.6) is 0 Å². The lowest BCUT2D eigenvalue weighted by molar-refractivity contribution is -0.136. The summed E-state index contributed by atoms with van der Waals surface area (Å²) in [6.45, 7) is 7.98. The number of aromatic nitrogens is 2. The molecule has 6 nitrogen and oxygen atoms in total. The zero-order valence-electron chi connectivity index (χ0n) is 13.6. The summed E-state index contributed by atoms with van der Waals surface area (Å²) in [5, 5.41) is 6.05. The van der Waals surface area contributed by atoms with Gasteiger partial charge in [-0.05, 0) is 17.9 Å². The number of carbonyl (C=O) groups is 1. The third kappa shape index (κ3) is 3.79. The average Bonchev–Trinajstić information content (AvgIpc) is 3.25. The molecule has 7 heteroatoms. The van der Waals surface area contributed by atoms with Crippen LogP contribution in [0.4, 0.5) is 0 Å². The van der Waals surface area contributed by atoms with E-state index in [2.05, 4.69) is 22.0 Å². The van der Waals surface area contributed by atoms with Crippen molar-refractivity contribution < 1.29 is 9.32 Å². The van der Waals surface area contributed by atoms with Crippen LogP contribution in [0.15, 0.2) is 22.0 Å². The van der Waals surface area contributed by atoms with Gasteiger partial charge in [0.15, 0.2) is 5.82 Å². The lowest BCUT2D eigenvalue weighted by Gasteiger charge is -2.35. The molecule has 2 aromatic rings. The van der Waals surface area contributed by atoms with Crippen molar-refractivity contribution in [3.05, 3.63) is 23.3 Å². The minimum Gasteiger partial charge on any atom is -0.340 e. The molecule has 3 rings (SSSR count). The highest BCUT2D eigenvalue weighted by Crippen LogP contribution is 2.22. The van der Waals surface area contributed by atoms with Gasteiger partial charge in [0, 0.05) is 32.1 Å². The average molecular weight is 334 g/mol. The highest BCUT2D eigenvalue weighted by Gasteiger charge is 2.24. The van der Waals surface area contributed by atoms with Gasteiger partial charge >= 0.3 is 0 Å². The van der Waals surface area contributed by atoms with Gasteiger partial charge in [0.05, 0.1) is 11.4 Å². The number of hydrogen-bond donors (Lipinski definition) is 0. The molecule has 3 heterocycles. The number of nitrogens with zero attached hydrogens (tertiary/aromatic N) is 4. The van der Waals surface area contributed by atoms with Gasteiger partial charge in [0.1, 0.15) is 0 Å². The van der Waals surface area contributed by atoms with E-state index < -0.39 is 0 Å². The van der Waals surface area contributed by atoms with Crippen LogP contribution in [0.1, 0.15) is 26.1 Å². The first-order valence-electron chi connectivity index (χ1n) is 8.05. The number of hydrogen-bond acceptors (Lipinski definition) is 6. The Balaban J connectivity index is 1.52. The summed E-state index contributed by atoms with van der Waals surface area (Å²) in [6, 6.07) is 3.94. The molecule has 1 saturated heterocycles. The molecule has 1 fully saturated rings. The molecule has 0 radical (unpaired) electrons. The van der Waals surface area contributed by atoms with Gasteiger partial charge in [-0.2, -0.15) is 4.98 Å². The fourth-order valence-corrected chi connectivity index (χ4v) is 3.28. The smallest absolute Gasteiger partial charge is 0.268 e. The minimum absolute atomic E-state index is 0.118. The predicted molar refractivity (Wildman–Crippen MR) is 88.9 cm³/mol. The summed E-state index contributed by atoms with van der Waals surface area (Å²) in [7, 11) is 0. The van der Waals surface area contributed by atoms with E-state index in [4.69, 9.17) is 4.52 Å². The van der Waals surface area contributed by atoms with E-state index in [1.54, 1.807) is 11.3 Å². The Morgan fingerprint density at radius 1 is 1.39 bits per heavy atom. The number of piperazine rings is 1. The number of amides is 1. The molecule has 0 saturated carbocycles. The number of thiophene rings is 1. The minimum atomic E-state index is 0.118. The van der Waals surface area contributed by atoms with Gasteiger partial charge in [0.25, 0.3) is 5.89 Å². The zero-order valence-corrected chi connectivity index (χ0v) is 14.4. The van der Waals surface area contributed by atoms with Gasteiger partial charge < -0.3 is 9.42 Å². The Labute approximate surface area is 140 Å². The monoisotopic (exact) mass is 334 g/mol. The van der Waals surface area contributed by atoms with Crippen LogP contribution in [0.25, 0.3) is 10.8 Å². The maximum absolute atomic E-state index is 12.2. The molecule has 124 valence electrons. The highest BCUT2D eigenvalue weighted by atomic mass is 32.1. The van der Waals surface area contributed by atoms with Crippen molar-refractivity contribution in [2.75, 3.05) is 26.2 Å². The van der Waals surface area contributed by atoms with Crippen molar-refractivity contribution >= 4 is 17.2 Å². The Bertz CT molecular complexity index is 632. The van der Waals surface area contributed by atoms with Crippen LogP contribution < -0.4 is 0 Å². The molecule has 0 spiro atoms. The fourth-order valence-electron chi connectivity index (χ4n) is 2.63. The van der Waals surface area contributed by atoms with Gasteiger partial charge in [-0.25, -0.2) is 0 Å². The van der Waals surface area contributed by atoms with Crippen molar-refractivity contribution in [3.8, 4) is 10.8 Å². The number of rotatable bonds is 5. The molecular formula is C16H22N4O2S. The third-order valence-corrected chi connectivity index (χ3v) is 5.14. The summed E-state index contributed by atoms with van der Waals surface area (Å²) in [5.74, 6) is 1.68. The van der Waals surface area contributed by atoms with E-state index >= 15 is 0 Å². The molecule has 1 unspecified atom stereocenters. The first kappa shape index (κ1) is 16.1. The van der Waals surface area contributed by atoms with E-state index in [0.29, 0.717) is 18.3 Å². The van der Waals surface area contributed by atoms with E-state index in [9.17, 15) is 4.79 Å². The van der Waals surface area contributed by atoms with E-state index in [1.807, 2.05) is 29.3 Å². The maximum Gasteiger partial charge on any atom is 0.268 e. The topological polar surface area (TPSA) is 62.5 Å². The van der Waals surface area contributed by atoms with E-state index in [-0.39, 0.29) is 11.8 Å². The van der Waals surface area contributed by atoms with Crippen molar-refractivity contribution in [2.24, 2.45) is 5.92 Å². The van der Waals surface area contributed by atoms with Gasteiger partial charge in [-0.15, -0.1) is 11.3 Å². The fraction of sp³-hybridized carbons (Fsp3) is 0.562. The lowest BCUT2D eigenvalue weighted by Crippen LogP contribution is -2.49. The van der Waals surface area contributed by atoms with E-state index in [1.165, 1.54) is 0 Å². The second kappa shape index (κ2) is 7.23. The molecule has 23 heavy (non-hydrogen) atoms. The van der Waals surface area contributed by atoms with Crippen molar-refractivity contribution in [3.63, 3.8) is 0 Å². The second-order valence-electron chi connectivity index (χ2n) is 5.90. The van der Waals surface area contributed by atoms with Crippen LogP contribution in [0, 0.1) is 5.92 Å². The van der Waals surface area contributed by atoms with Crippen LogP contribution in [0.2, 0.25) is 0 Å². The molecular weight excluding hydrogens is 312 g/mol. The SMILES string of the molecule is CCC(C)C(=O)N1CCN(Cc2noc(-c3cccs3)n2)CC1. The summed E-state index contributed by atoms with van der Waals surface area (Å²) in [4.78, 5) is 21.9. The molecule has 2 aromatic heterocycles. The molecule has 1 aliphatic heterocycles. The standard InChI is InChI=1S/C16H22N4O2S/c1-3-12(2)16(21)20-8-6-19(7-9-20)11-14-17-15(22-18-14)13-5-4-10-23-13/h4-5,10,12H,3,6-9,11H2,1-2H3. The third-order valence-electron chi connectivity index (χ3n) is 4.28. The zero-order chi connectivity index (χ0) is 16.2. The molecule has 1 aliphatic rings. The molecule has 0 bridgehead atoms. The Morgan fingerprint density at radius 3 is 2.83 bits per heavy atom. The summed E-state index contributed by atoms with van der Waals surface area (Å²) < 4.78 is 5.31.